The number of nitrogens with two attached hydrogens (primary N) is 1. The molecule has 0 aromatic heterocycles. The molecule has 3 N–H and O–H groups in total. The highest BCUT2D eigenvalue weighted by Gasteiger charge is 2.30. The van der Waals surface area contributed by atoms with Crippen LogP contribution in [0.2, 0.25) is 0 Å². The molecule has 0 saturated carbocycles. The lowest BCUT2D eigenvalue weighted by Crippen LogP contribution is -2.55. The molecule has 1 aromatic carbocycles. The molecule has 1 unspecified atom stereocenters. The molecule has 21 heavy (non-hydrogen) atoms. The number of carbonyl (C=O) groups excluding carboxylic acids is 1. The Labute approximate surface area is 126 Å². The van der Waals surface area contributed by atoms with Crippen molar-refractivity contribution in [3.8, 4) is 11.5 Å². The Bertz CT molecular complexity index is 445. The van der Waals surface area contributed by atoms with E-state index in [1.54, 1.807) is 7.11 Å². The zero-order valence-corrected chi connectivity index (χ0v) is 13.3. The summed E-state index contributed by atoms with van der Waals surface area (Å²) >= 11 is 0. The highest BCUT2D eigenvalue weighted by atomic mass is 16.5. The van der Waals surface area contributed by atoms with Crippen LogP contribution in [0.5, 0.6) is 11.5 Å². The highest BCUT2D eigenvalue weighted by Crippen LogP contribution is 2.18. The molecule has 0 saturated heterocycles. The summed E-state index contributed by atoms with van der Waals surface area (Å²) < 4.78 is 10.7. The first kappa shape index (κ1) is 17.3. The van der Waals surface area contributed by atoms with E-state index in [4.69, 9.17) is 15.2 Å². The first-order valence-corrected chi connectivity index (χ1v) is 7.22. The third kappa shape index (κ3) is 5.63. The van der Waals surface area contributed by atoms with Gasteiger partial charge in [-0.3, -0.25) is 4.79 Å². The molecule has 1 aromatic rings. The molecule has 0 spiro atoms. The first-order chi connectivity index (χ1) is 9.87. The topological polar surface area (TPSA) is 73.6 Å². The van der Waals surface area contributed by atoms with E-state index in [0.29, 0.717) is 13.0 Å². The molecule has 0 aliphatic heterocycles. The minimum atomic E-state index is -0.697. The van der Waals surface area contributed by atoms with Gasteiger partial charge in [0.2, 0.25) is 5.91 Å². The van der Waals surface area contributed by atoms with E-state index in [1.807, 2.05) is 45.0 Å². The summed E-state index contributed by atoms with van der Waals surface area (Å²) in [5.74, 6) is 1.25. The largest absolute Gasteiger partial charge is 0.497 e. The van der Waals surface area contributed by atoms with Crippen molar-refractivity contribution in [3.63, 3.8) is 0 Å². The highest BCUT2D eigenvalue weighted by molar-refractivity contribution is 5.84. The van der Waals surface area contributed by atoms with E-state index in [1.165, 1.54) is 0 Å². The smallest absolute Gasteiger partial charge is 0.237 e. The van der Waals surface area contributed by atoms with Crippen molar-refractivity contribution in [2.24, 2.45) is 5.73 Å². The lowest BCUT2D eigenvalue weighted by Gasteiger charge is -2.29. The van der Waals surface area contributed by atoms with Crippen molar-refractivity contribution in [1.29, 1.82) is 0 Å². The van der Waals surface area contributed by atoms with Crippen LogP contribution >= 0.6 is 0 Å². The molecule has 5 nitrogen and oxygen atoms in total. The van der Waals surface area contributed by atoms with Crippen LogP contribution in [0.25, 0.3) is 0 Å². The second kappa shape index (κ2) is 7.88. The van der Waals surface area contributed by atoms with Crippen molar-refractivity contribution in [2.75, 3.05) is 13.7 Å². The number of hydrogen-bond donors (Lipinski definition) is 2. The predicted molar refractivity (Wildman–Crippen MR) is 83.6 cm³/mol. The van der Waals surface area contributed by atoms with Crippen LogP contribution in [0.1, 0.15) is 33.6 Å². The van der Waals surface area contributed by atoms with Crippen molar-refractivity contribution in [3.05, 3.63) is 24.3 Å². The van der Waals surface area contributed by atoms with Crippen LogP contribution in [0, 0.1) is 0 Å². The standard InChI is InChI=1S/C16H26N2O3/c1-12(2)18-16(3,15(17)19)10-5-11-21-14-8-6-13(20-4)7-9-14/h6-9,12,18H,5,10-11H2,1-4H3,(H2,17,19). The zero-order valence-electron chi connectivity index (χ0n) is 13.3. The Morgan fingerprint density at radius 1 is 1.29 bits per heavy atom. The molecule has 1 rings (SSSR count). The summed E-state index contributed by atoms with van der Waals surface area (Å²) in [5.41, 5.74) is 4.79. The molecule has 1 amide bonds. The average molecular weight is 294 g/mol. The second-order valence-corrected chi connectivity index (χ2v) is 5.62. The second-order valence-electron chi connectivity index (χ2n) is 5.62. The molecule has 0 fully saturated rings. The number of nitrogens with one attached hydrogen (secondary N) is 1. The van der Waals surface area contributed by atoms with Gasteiger partial charge in [0.15, 0.2) is 0 Å². The van der Waals surface area contributed by atoms with Gasteiger partial charge in [0.05, 0.1) is 19.3 Å². The van der Waals surface area contributed by atoms with E-state index < -0.39 is 5.54 Å². The van der Waals surface area contributed by atoms with Gasteiger partial charge in [0.25, 0.3) is 0 Å². The molecule has 0 radical (unpaired) electrons. The summed E-state index contributed by atoms with van der Waals surface area (Å²) in [4.78, 5) is 11.6. The zero-order chi connectivity index (χ0) is 15.9. The summed E-state index contributed by atoms with van der Waals surface area (Å²) in [6.45, 7) is 6.36. The summed E-state index contributed by atoms with van der Waals surface area (Å²) in [6, 6.07) is 7.62. The van der Waals surface area contributed by atoms with E-state index in [-0.39, 0.29) is 11.9 Å². The van der Waals surface area contributed by atoms with Crippen LogP contribution in [-0.4, -0.2) is 31.2 Å². The Kier molecular flexibility index (Phi) is 6.49. The van der Waals surface area contributed by atoms with Crippen molar-refractivity contribution in [1.82, 2.24) is 5.32 Å². The minimum absolute atomic E-state index is 0.199. The summed E-state index contributed by atoms with van der Waals surface area (Å²) in [6.07, 6.45) is 1.38. The van der Waals surface area contributed by atoms with Gasteiger partial charge in [0.1, 0.15) is 11.5 Å². The Hall–Kier alpha value is -1.75. The molecule has 0 heterocycles. The van der Waals surface area contributed by atoms with Gasteiger partial charge in [0, 0.05) is 6.04 Å². The van der Waals surface area contributed by atoms with E-state index in [0.717, 1.165) is 17.9 Å². The van der Waals surface area contributed by atoms with Gasteiger partial charge in [-0.1, -0.05) is 0 Å². The molecule has 1 atom stereocenters. The Morgan fingerprint density at radius 2 is 1.86 bits per heavy atom. The SMILES string of the molecule is COc1ccc(OCCCC(C)(NC(C)C)C(N)=O)cc1. The minimum Gasteiger partial charge on any atom is -0.497 e. The summed E-state index contributed by atoms with van der Waals surface area (Å²) in [7, 11) is 1.63. The van der Waals surface area contributed by atoms with Gasteiger partial charge in [-0.25, -0.2) is 0 Å². The molecule has 118 valence electrons. The van der Waals surface area contributed by atoms with Gasteiger partial charge in [-0.2, -0.15) is 0 Å². The van der Waals surface area contributed by atoms with Crippen LogP contribution in [0.15, 0.2) is 24.3 Å². The van der Waals surface area contributed by atoms with Crippen LogP contribution < -0.4 is 20.5 Å². The lowest BCUT2D eigenvalue weighted by molar-refractivity contribution is -0.124. The normalized spacial score (nSPS) is 13.8. The van der Waals surface area contributed by atoms with Crippen LogP contribution in [0.3, 0.4) is 0 Å². The van der Waals surface area contributed by atoms with Crippen LogP contribution in [-0.2, 0) is 4.79 Å². The summed E-state index contributed by atoms with van der Waals surface area (Å²) in [5, 5.41) is 3.22. The van der Waals surface area contributed by atoms with Crippen molar-refractivity contribution in [2.45, 2.75) is 45.2 Å². The first-order valence-electron chi connectivity index (χ1n) is 7.22. The maximum Gasteiger partial charge on any atom is 0.237 e. The molecular weight excluding hydrogens is 268 g/mol. The number of primary amides is 1. The fourth-order valence-corrected chi connectivity index (χ4v) is 2.19. The lowest BCUT2D eigenvalue weighted by atomic mass is 9.94. The van der Waals surface area contributed by atoms with Crippen LogP contribution in [0.4, 0.5) is 0 Å². The molecular formula is C16H26N2O3. The third-order valence-electron chi connectivity index (χ3n) is 3.30. The number of rotatable bonds is 9. The number of hydrogen-bond acceptors (Lipinski definition) is 4. The maximum atomic E-state index is 11.6. The van der Waals surface area contributed by atoms with Gasteiger partial charge < -0.3 is 20.5 Å². The van der Waals surface area contributed by atoms with Gasteiger partial charge in [-0.05, 0) is 57.9 Å². The number of carbonyl (C=O) groups is 1. The molecule has 0 aliphatic rings. The quantitative estimate of drug-likeness (QED) is 0.684. The van der Waals surface area contributed by atoms with E-state index in [2.05, 4.69) is 5.32 Å². The fourth-order valence-electron chi connectivity index (χ4n) is 2.19. The van der Waals surface area contributed by atoms with E-state index >= 15 is 0 Å². The molecule has 0 bridgehead atoms. The fraction of sp³-hybridized carbons (Fsp3) is 0.562. The van der Waals surface area contributed by atoms with Crippen molar-refractivity contribution >= 4 is 5.91 Å². The predicted octanol–water partition coefficient (Wildman–Crippen LogP) is 2.10. The number of benzene rings is 1. The molecule has 0 aliphatic carbocycles. The Balaban J connectivity index is 2.42. The van der Waals surface area contributed by atoms with Crippen molar-refractivity contribution < 1.29 is 14.3 Å². The third-order valence-corrected chi connectivity index (χ3v) is 3.30. The van der Waals surface area contributed by atoms with E-state index in [9.17, 15) is 4.79 Å². The maximum absolute atomic E-state index is 11.6. The molecule has 5 heteroatoms. The number of ether oxygens (including phenoxy) is 2. The Morgan fingerprint density at radius 3 is 2.33 bits per heavy atom. The van der Waals surface area contributed by atoms with Gasteiger partial charge in [-0.15, -0.1) is 0 Å². The number of amides is 1. The van der Waals surface area contributed by atoms with Gasteiger partial charge >= 0.3 is 0 Å². The number of methoxy groups -OCH3 is 1. The average Bonchev–Trinajstić information content (AvgIpc) is 2.43. The monoisotopic (exact) mass is 294 g/mol.